The van der Waals surface area contributed by atoms with Crippen LogP contribution in [0.4, 0.5) is 9.52 Å². The molecular weight excluding hydrogens is 438 g/mol. The summed E-state index contributed by atoms with van der Waals surface area (Å²) in [6.07, 6.45) is 0. The van der Waals surface area contributed by atoms with E-state index in [1.807, 2.05) is 0 Å². The van der Waals surface area contributed by atoms with E-state index in [0.717, 1.165) is 23.5 Å². The Morgan fingerprint density at radius 1 is 1.11 bits per heavy atom. The van der Waals surface area contributed by atoms with Crippen molar-refractivity contribution in [2.45, 2.75) is 4.90 Å². The smallest absolute Gasteiger partial charge is 0.259 e. The largest absolute Gasteiger partial charge is 0.296 e. The van der Waals surface area contributed by atoms with Gasteiger partial charge in [-0.05, 0) is 36.4 Å². The summed E-state index contributed by atoms with van der Waals surface area (Å²) in [4.78, 5) is 12.0. The SMILES string of the molecule is NS(=O)(=O)c1cc(C(=O)Nc2nnc(-c3ccc(F)cc3)s2)c(Cl)cc1Cl. The van der Waals surface area contributed by atoms with Crippen LogP contribution in [0.25, 0.3) is 10.6 Å². The van der Waals surface area contributed by atoms with E-state index in [9.17, 15) is 17.6 Å². The highest BCUT2D eigenvalue weighted by Crippen LogP contribution is 2.30. The predicted octanol–water partition coefficient (Wildman–Crippen LogP) is 3.55. The zero-order valence-electron chi connectivity index (χ0n) is 13.1. The minimum absolute atomic E-state index is 0.0619. The maximum atomic E-state index is 13.0. The molecule has 0 aliphatic rings. The van der Waals surface area contributed by atoms with E-state index in [4.69, 9.17) is 28.3 Å². The molecule has 3 aromatic rings. The Bertz CT molecular complexity index is 1130. The first-order chi connectivity index (χ1) is 12.6. The summed E-state index contributed by atoms with van der Waals surface area (Å²) in [5.41, 5.74) is 0.471. The molecule has 2 aromatic carbocycles. The number of aromatic nitrogens is 2. The van der Waals surface area contributed by atoms with Crippen molar-refractivity contribution >= 4 is 55.6 Å². The summed E-state index contributed by atoms with van der Waals surface area (Å²) in [5.74, 6) is -1.11. The van der Waals surface area contributed by atoms with Gasteiger partial charge in [0.15, 0.2) is 0 Å². The Morgan fingerprint density at radius 3 is 2.41 bits per heavy atom. The number of sulfonamides is 1. The molecule has 3 rings (SSSR count). The van der Waals surface area contributed by atoms with E-state index in [1.165, 1.54) is 24.3 Å². The normalized spacial score (nSPS) is 11.4. The molecule has 0 unspecified atom stereocenters. The quantitative estimate of drug-likeness (QED) is 0.635. The van der Waals surface area contributed by atoms with Crippen LogP contribution in [0, 0.1) is 5.82 Å². The Balaban J connectivity index is 1.87. The van der Waals surface area contributed by atoms with E-state index in [0.29, 0.717) is 10.6 Å². The van der Waals surface area contributed by atoms with Gasteiger partial charge in [0.1, 0.15) is 15.7 Å². The van der Waals surface area contributed by atoms with Gasteiger partial charge >= 0.3 is 0 Å². The highest BCUT2D eigenvalue weighted by molar-refractivity contribution is 7.89. The molecule has 0 saturated heterocycles. The van der Waals surface area contributed by atoms with Crippen LogP contribution in [0.1, 0.15) is 10.4 Å². The summed E-state index contributed by atoms with van der Waals surface area (Å²) in [6.45, 7) is 0. The second-order valence-corrected chi connectivity index (χ2v) is 8.50. The van der Waals surface area contributed by atoms with Crippen molar-refractivity contribution in [2.75, 3.05) is 5.32 Å². The van der Waals surface area contributed by atoms with Crippen LogP contribution in [-0.4, -0.2) is 24.5 Å². The summed E-state index contributed by atoms with van der Waals surface area (Å²) in [7, 11) is -4.14. The molecule has 0 atom stereocenters. The molecule has 1 aromatic heterocycles. The Labute approximate surface area is 167 Å². The summed E-state index contributed by atoms with van der Waals surface area (Å²) < 4.78 is 36.1. The maximum Gasteiger partial charge on any atom is 0.259 e. The van der Waals surface area contributed by atoms with Gasteiger partial charge < -0.3 is 0 Å². The van der Waals surface area contributed by atoms with Crippen molar-refractivity contribution in [3.05, 3.63) is 57.8 Å². The highest BCUT2D eigenvalue weighted by Gasteiger charge is 2.21. The fourth-order valence-corrected chi connectivity index (χ4v) is 4.22. The van der Waals surface area contributed by atoms with E-state index >= 15 is 0 Å². The fourth-order valence-electron chi connectivity index (χ4n) is 2.07. The molecule has 0 bridgehead atoms. The summed E-state index contributed by atoms with van der Waals surface area (Å²) >= 11 is 12.8. The average Bonchev–Trinajstić information content (AvgIpc) is 3.02. The molecule has 1 amide bonds. The van der Waals surface area contributed by atoms with Gasteiger partial charge in [0.2, 0.25) is 15.2 Å². The monoisotopic (exact) mass is 446 g/mol. The van der Waals surface area contributed by atoms with E-state index in [2.05, 4.69) is 15.5 Å². The lowest BCUT2D eigenvalue weighted by Crippen LogP contribution is -2.16. The number of anilines is 1. The Kier molecular flexibility index (Phi) is 5.45. The molecule has 0 aliphatic carbocycles. The van der Waals surface area contributed by atoms with Crippen LogP contribution in [0.15, 0.2) is 41.3 Å². The number of carbonyl (C=O) groups excluding carboxylic acids is 1. The molecular formula is C15H9Cl2FN4O3S2. The molecule has 140 valence electrons. The lowest BCUT2D eigenvalue weighted by atomic mass is 10.2. The molecule has 0 aliphatic heterocycles. The molecule has 3 N–H and O–H groups in total. The number of hydrogen-bond acceptors (Lipinski definition) is 6. The molecule has 27 heavy (non-hydrogen) atoms. The Morgan fingerprint density at radius 2 is 1.78 bits per heavy atom. The van der Waals surface area contributed by atoms with Crippen molar-refractivity contribution in [3.63, 3.8) is 0 Å². The van der Waals surface area contributed by atoms with Crippen molar-refractivity contribution in [2.24, 2.45) is 5.14 Å². The zero-order valence-corrected chi connectivity index (χ0v) is 16.3. The molecule has 7 nitrogen and oxygen atoms in total. The van der Waals surface area contributed by atoms with Crippen LogP contribution in [0.5, 0.6) is 0 Å². The van der Waals surface area contributed by atoms with Gasteiger partial charge in [-0.15, -0.1) is 10.2 Å². The van der Waals surface area contributed by atoms with Crippen molar-refractivity contribution < 1.29 is 17.6 Å². The van der Waals surface area contributed by atoms with Crippen LogP contribution in [-0.2, 0) is 10.0 Å². The van der Waals surface area contributed by atoms with Gasteiger partial charge in [0.25, 0.3) is 5.91 Å². The van der Waals surface area contributed by atoms with Gasteiger partial charge in [-0.3, -0.25) is 10.1 Å². The van der Waals surface area contributed by atoms with Crippen LogP contribution >= 0.6 is 34.5 Å². The number of nitrogens with one attached hydrogen (secondary N) is 1. The van der Waals surface area contributed by atoms with Gasteiger partial charge in [-0.2, -0.15) is 0 Å². The summed E-state index contributed by atoms with van der Waals surface area (Å²) in [5, 5.41) is 15.6. The second-order valence-electron chi connectivity index (χ2n) is 5.18. The first kappa shape index (κ1) is 19.6. The molecule has 1 heterocycles. The third-order valence-electron chi connectivity index (χ3n) is 3.31. The first-order valence-electron chi connectivity index (χ1n) is 7.08. The molecule has 12 heteroatoms. The van der Waals surface area contributed by atoms with E-state index in [-0.39, 0.29) is 26.6 Å². The zero-order chi connectivity index (χ0) is 19.8. The van der Waals surface area contributed by atoms with Crippen molar-refractivity contribution in [3.8, 4) is 10.6 Å². The number of nitrogens with two attached hydrogens (primary N) is 1. The lowest BCUT2D eigenvalue weighted by molar-refractivity contribution is 0.102. The predicted molar refractivity (Wildman–Crippen MR) is 101 cm³/mol. The minimum Gasteiger partial charge on any atom is -0.296 e. The number of halogens is 3. The topological polar surface area (TPSA) is 115 Å². The number of hydrogen-bond donors (Lipinski definition) is 2. The lowest BCUT2D eigenvalue weighted by Gasteiger charge is -2.08. The van der Waals surface area contributed by atoms with Crippen molar-refractivity contribution in [1.29, 1.82) is 0 Å². The number of nitrogens with zero attached hydrogens (tertiary/aromatic N) is 2. The van der Waals surface area contributed by atoms with E-state index < -0.39 is 20.8 Å². The van der Waals surface area contributed by atoms with Crippen LogP contribution < -0.4 is 10.5 Å². The third kappa shape index (κ3) is 4.42. The standard InChI is InChI=1S/C15H9Cl2FN4O3S2/c16-10-6-11(17)12(27(19,24)25)5-9(10)13(23)20-15-22-21-14(26-15)7-1-3-8(18)4-2-7/h1-6H,(H2,19,24,25)(H,20,22,23). The molecule has 0 saturated carbocycles. The van der Waals surface area contributed by atoms with Gasteiger partial charge in [-0.1, -0.05) is 34.5 Å². The van der Waals surface area contributed by atoms with Gasteiger partial charge in [0.05, 0.1) is 15.6 Å². The third-order valence-corrected chi connectivity index (χ3v) is 5.89. The number of primary sulfonamides is 1. The summed E-state index contributed by atoms with van der Waals surface area (Å²) in [6, 6.07) is 7.69. The van der Waals surface area contributed by atoms with Gasteiger partial charge in [0, 0.05) is 5.56 Å². The molecule has 0 spiro atoms. The van der Waals surface area contributed by atoms with Crippen LogP contribution in [0.3, 0.4) is 0 Å². The number of benzene rings is 2. The average molecular weight is 447 g/mol. The maximum absolute atomic E-state index is 13.0. The number of amides is 1. The Hall–Kier alpha value is -2.11. The molecule has 0 radical (unpaired) electrons. The van der Waals surface area contributed by atoms with E-state index in [1.54, 1.807) is 0 Å². The highest BCUT2D eigenvalue weighted by atomic mass is 35.5. The molecule has 0 fully saturated rings. The van der Waals surface area contributed by atoms with Crippen molar-refractivity contribution in [1.82, 2.24) is 10.2 Å². The first-order valence-corrected chi connectivity index (χ1v) is 10.2. The fraction of sp³-hybridized carbons (Fsp3) is 0. The minimum atomic E-state index is -4.14. The number of carbonyl (C=O) groups is 1. The number of rotatable bonds is 4. The van der Waals surface area contributed by atoms with Crippen LogP contribution in [0.2, 0.25) is 10.0 Å². The van der Waals surface area contributed by atoms with Gasteiger partial charge in [-0.25, -0.2) is 17.9 Å². The second kappa shape index (κ2) is 7.49.